The minimum absolute atomic E-state index is 0.151. The van der Waals surface area contributed by atoms with Gasteiger partial charge >= 0.3 is 0 Å². The topological polar surface area (TPSA) is 55.4 Å². The third-order valence-electron chi connectivity index (χ3n) is 1.75. The van der Waals surface area contributed by atoms with Gasteiger partial charge in [-0.1, -0.05) is 0 Å². The molecule has 4 radical (unpaired) electrons. The SMILES string of the molecule is COC.COCC(C)OCC(C)OC.[B]OCC.[B]OCC. The Bertz CT molecular complexity index is 147. The summed E-state index contributed by atoms with van der Waals surface area (Å²) < 4.78 is 27.6. The van der Waals surface area contributed by atoms with Crippen LogP contribution in [0.3, 0.4) is 0 Å². The van der Waals surface area contributed by atoms with E-state index in [4.69, 9.17) is 14.2 Å². The predicted octanol–water partition coefficient (Wildman–Crippen LogP) is 1.55. The molecule has 0 saturated heterocycles. The minimum Gasteiger partial charge on any atom is -0.448 e. The fourth-order valence-corrected chi connectivity index (χ4v) is 0.651. The number of methoxy groups -OCH3 is 3. The second-order valence-electron chi connectivity index (χ2n) is 3.96. The Hall–Kier alpha value is -0.110. The smallest absolute Gasteiger partial charge is 0.282 e. The van der Waals surface area contributed by atoms with Crippen LogP contribution in [0.1, 0.15) is 27.7 Å². The molecule has 0 saturated carbocycles. The highest BCUT2D eigenvalue weighted by atomic mass is 16.5. The summed E-state index contributed by atoms with van der Waals surface area (Å²) in [5.74, 6) is 0. The van der Waals surface area contributed by atoms with Gasteiger partial charge in [0.05, 0.1) is 25.4 Å². The first-order chi connectivity index (χ1) is 10.4. The highest BCUT2D eigenvalue weighted by Crippen LogP contribution is 1.95. The van der Waals surface area contributed by atoms with Gasteiger partial charge < -0.3 is 28.3 Å². The number of hydrogen-bond donors (Lipinski definition) is 0. The molecule has 0 aromatic carbocycles. The molecule has 0 aliphatic heterocycles. The van der Waals surface area contributed by atoms with Crippen LogP contribution in [-0.2, 0) is 28.3 Å². The van der Waals surface area contributed by atoms with Gasteiger partial charge in [0.2, 0.25) is 0 Å². The van der Waals surface area contributed by atoms with E-state index < -0.39 is 0 Å². The Morgan fingerprint density at radius 1 is 0.773 bits per heavy atom. The van der Waals surface area contributed by atoms with Gasteiger partial charge in [0.15, 0.2) is 0 Å². The molecule has 8 heteroatoms. The van der Waals surface area contributed by atoms with Gasteiger partial charge in [-0.2, -0.15) is 0 Å². The third kappa shape index (κ3) is 50.2. The first kappa shape index (κ1) is 29.8. The lowest BCUT2D eigenvalue weighted by atomic mass is 10.4. The Kier molecular flexibility index (Phi) is 44.4. The van der Waals surface area contributed by atoms with Crippen LogP contribution in [0, 0.1) is 0 Å². The van der Waals surface area contributed by atoms with Crippen molar-refractivity contribution >= 4 is 16.1 Å². The molecule has 0 aromatic rings. The zero-order chi connectivity index (χ0) is 18.2. The zero-order valence-electron chi connectivity index (χ0n) is 15.6. The lowest BCUT2D eigenvalue weighted by Crippen LogP contribution is -2.21. The van der Waals surface area contributed by atoms with Gasteiger partial charge in [-0.25, -0.2) is 0 Å². The molecule has 0 N–H and O–H groups in total. The maximum Gasteiger partial charge on any atom is 0.282 e. The molecule has 0 aliphatic rings. The van der Waals surface area contributed by atoms with Crippen molar-refractivity contribution in [1.29, 1.82) is 0 Å². The lowest BCUT2D eigenvalue weighted by Gasteiger charge is -2.14. The molecule has 0 spiro atoms. The van der Waals surface area contributed by atoms with Crippen LogP contribution >= 0.6 is 0 Å². The summed E-state index contributed by atoms with van der Waals surface area (Å²) in [6, 6.07) is 0. The molecule has 0 rings (SSSR count). The van der Waals surface area contributed by atoms with E-state index in [-0.39, 0.29) is 12.2 Å². The van der Waals surface area contributed by atoms with Crippen molar-refractivity contribution in [2.75, 3.05) is 54.9 Å². The van der Waals surface area contributed by atoms with Crippen LogP contribution in [0.5, 0.6) is 0 Å². The summed E-state index contributed by atoms with van der Waals surface area (Å²) in [6.07, 6.45) is 0.312. The second kappa shape index (κ2) is 32.7. The van der Waals surface area contributed by atoms with Crippen molar-refractivity contribution in [1.82, 2.24) is 0 Å². The Morgan fingerprint density at radius 2 is 1.14 bits per heavy atom. The summed E-state index contributed by atoms with van der Waals surface area (Å²) in [4.78, 5) is 0. The van der Waals surface area contributed by atoms with E-state index in [1.54, 1.807) is 28.4 Å². The molecule has 2 unspecified atom stereocenters. The van der Waals surface area contributed by atoms with Crippen molar-refractivity contribution in [3.63, 3.8) is 0 Å². The largest absolute Gasteiger partial charge is 0.448 e. The van der Waals surface area contributed by atoms with Crippen molar-refractivity contribution < 1.29 is 28.3 Å². The van der Waals surface area contributed by atoms with E-state index in [0.717, 1.165) is 0 Å². The standard InChI is InChI=1S/C8H18O3.2C2H5BO.C2H6O/c1-7(10-4)6-11-8(2)5-9-3;2*1-2-4-3;1-3-2/h7-8H,5-6H2,1-4H3;2*2H2,1H3;1-2H3. The summed E-state index contributed by atoms with van der Waals surface area (Å²) in [5, 5.41) is 0. The predicted molar refractivity (Wildman–Crippen MR) is 91.5 cm³/mol. The average molecular weight is 320 g/mol. The summed E-state index contributed by atoms with van der Waals surface area (Å²) in [5.41, 5.74) is 0. The molecule has 0 fully saturated rings. The molecule has 0 aromatic heterocycles. The molecule has 6 nitrogen and oxygen atoms in total. The Balaban J connectivity index is -0.000000121. The van der Waals surface area contributed by atoms with Gasteiger partial charge in [0.1, 0.15) is 0 Å². The first-order valence-electron chi connectivity index (χ1n) is 7.12. The fraction of sp³-hybridized carbons (Fsp3) is 1.00. The Morgan fingerprint density at radius 3 is 1.36 bits per heavy atom. The van der Waals surface area contributed by atoms with E-state index in [1.165, 1.54) is 0 Å². The van der Waals surface area contributed by atoms with Gasteiger partial charge in [-0.3, -0.25) is 0 Å². The summed E-state index contributed by atoms with van der Waals surface area (Å²) in [6.45, 7) is 10.1. The molecule has 2 atom stereocenters. The fourth-order valence-electron chi connectivity index (χ4n) is 0.651. The number of rotatable bonds is 8. The normalized spacial score (nSPS) is 11.6. The van der Waals surface area contributed by atoms with Crippen molar-refractivity contribution in [3.05, 3.63) is 0 Å². The van der Waals surface area contributed by atoms with Crippen LogP contribution in [0.15, 0.2) is 0 Å². The van der Waals surface area contributed by atoms with Gasteiger partial charge in [0, 0.05) is 41.7 Å². The minimum atomic E-state index is 0.151. The van der Waals surface area contributed by atoms with Gasteiger partial charge in [-0.15, -0.1) is 0 Å². The van der Waals surface area contributed by atoms with Crippen molar-refractivity contribution in [3.8, 4) is 0 Å². The van der Waals surface area contributed by atoms with Crippen molar-refractivity contribution in [2.45, 2.75) is 39.9 Å². The molecule has 132 valence electrons. The molecule has 0 amide bonds. The maximum atomic E-state index is 5.39. The average Bonchev–Trinajstić information content (AvgIpc) is 2.54. The number of ether oxygens (including phenoxy) is 4. The van der Waals surface area contributed by atoms with E-state index in [2.05, 4.69) is 30.1 Å². The molecule has 22 heavy (non-hydrogen) atoms. The lowest BCUT2D eigenvalue weighted by molar-refractivity contribution is -0.0386. The molecule has 0 heterocycles. The van der Waals surface area contributed by atoms with E-state index >= 15 is 0 Å². The highest BCUT2D eigenvalue weighted by molar-refractivity contribution is 5.98. The maximum absolute atomic E-state index is 5.39. The second-order valence-corrected chi connectivity index (χ2v) is 3.96. The molecular formula is C14H34B2O6. The Labute approximate surface area is 140 Å². The summed E-state index contributed by atoms with van der Waals surface area (Å²) >= 11 is 0. The highest BCUT2D eigenvalue weighted by Gasteiger charge is 2.04. The van der Waals surface area contributed by atoms with E-state index in [1.807, 2.05) is 27.7 Å². The monoisotopic (exact) mass is 320 g/mol. The molecule has 0 aliphatic carbocycles. The van der Waals surface area contributed by atoms with Crippen LogP contribution < -0.4 is 0 Å². The first-order valence-corrected chi connectivity index (χ1v) is 7.12. The van der Waals surface area contributed by atoms with Crippen molar-refractivity contribution in [2.24, 2.45) is 0 Å². The molecular weight excluding hydrogens is 286 g/mol. The van der Waals surface area contributed by atoms with Crippen LogP contribution in [0.4, 0.5) is 0 Å². The van der Waals surface area contributed by atoms with Gasteiger partial charge in [-0.05, 0) is 27.7 Å². The van der Waals surface area contributed by atoms with Crippen LogP contribution in [-0.4, -0.2) is 83.2 Å². The third-order valence-corrected chi connectivity index (χ3v) is 1.75. The quantitative estimate of drug-likeness (QED) is 0.633. The van der Waals surface area contributed by atoms with Crippen LogP contribution in [0.2, 0.25) is 0 Å². The van der Waals surface area contributed by atoms with E-state index in [9.17, 15) is 0 Å². The van der Waals surface area contributed by atoms with Crippen LogP contribution in [0.25, 0.3) is 0 Å². The van der Waals surface area contributed by atoms with E-state index in [0.29, 0.717) is 26.4 Å². The zero-order valence-corrected chi connectivity index (χ0v) is 15.6. The molecule has 0 bridgehead atoms. The number of hydrogen-bond acceptors (Lipinski definition) is 6. The summed E-state index contributed by atoms with van der Waals surface area (Å²) in [7, 11) is 15.6. The van der Waals surface area contributed by atoms with Gasteiger partial charge in [0.25, 0.3) is 16.1 Å².